The number of benzene rings is 1. The van der Waals surface area contributed by atoms with E-state index in [1.807, 2.05) is 45.0 Å². The van der Waals surface area contributed by atoms with Crippen LogP contribution in [0.15, 0.2) is 30.5 Å². The molecule has 2 rings (SSSR count). The number of carboxylic acid groups (broad SMARTS) is 1. The Labute approximate surface area is 134 Å². The van der Waals surface area contributed by atoms with Crippen molar-refractivity contribution >= 4 is 11.9 Å². The van der Waals surface area contributed by atoms with Crippen molar-refractivity contribution < 1.29 is 14.7 Å². The molecule has 1 atom stereocenters. The van der Waals surface area contributed by atoms with Gasteiger partial charge < -0.3 is 10.4 Å². The molecule has 1 aromatic heterocycles. The van der Waals surface area contributed by atoms with E-state index in [0.717, 1.165) is 11.3 Å². The first-order valence-electron chi connectivity index (χ1n) is 7.40. The molecule has 2 aromatic rings. The van der Waals surface area contributed by atoms with Gasteiger partial charge in [-0.15, -0.1) is 5.10 Å². The van der Waals surface area contributed by atoms with Crippen molar-refractivity contribution in [3.8, 4) is 5.69 Å². The standard InChI is InChI=1S/C16H20N4O3/c1-10(2)7-13(16(22)23)17-15(21)14-9-20(19-18-14)12-6-4-5-11(3)8-12/h4-6,8-10,13H,7H2,1-3H3,(H,17,21)(H,22,23)/t13-/m1/s1. The lowest BCUT2D eigenvalue weighted by atomic mass is 10.0. The summed E-state index contributed by atoms with van der Waals surface area (Å²) in [5, 5.41) is 19.4. The van der Waals surface area contributed by atoms with Gasteiger partial charge in [-0.2, -0.15) is 0 Å². The monoisotopic (exact) mass is 316 g/mol. The number of hydrogen-bond donors (Lipinski definition) is 2. The summed E-state index contributed by atoms with van der Waals surface area (Å²) in [4.78, 5) is 23.4. The van der Waals surface area contributed by atoms with Gasteiger partial charge in [0.25, 0.3) is 5.91 Å². The summed E-state index contributed by atoms with van der Waals surface area (Å²) in [7, 11) is 0. The Morgan fingerprint density at radius 1 is 1.35 bits per heavy atom. The van der Waals surface area contributed by atoms with Gasteiger partial charge in [0.1, 0.15) is 6.04 Å². The average Bonchev–Trinajstić information content (AvgIpc) is 2.95. The summed E-state index contributed by atoms with van der Waals surface area (Å²) < 4.78 is 1.49. The second-order valence-electron chi connectivity index (χ2n) is 5.88. The van der Waals surface area contributed by atoms with Gasteiger partial charge in [0, 0.05) is 0 Å². The molecule has 0 aliphatic carbocycles. The second-order valence-corrected chi connectivity index (χ2v) is 5.88. The summed E-state index contributed by atoms with van der Waals surface area (Å²) in [5.41, 5.74) is 1.93. The molecule has 0 saturated carbocycles. The van der Waals surface area contributed by atoms with Gasteiger partial charge in [0.15, 0.2) is 5.69 Å². The van der Waals surface area contributed by atoms with Gasteiger partial charge in [-0.25, -0.2) is 9.48 Å². The van der Waals surface area contributed by atoms with Crippen LogP contribution in [0.25, 0.3) is 5.69 Å². The first kappa shape index (κ1) is 16.7. The van der Waals surface area contributed by atoms with E-state index in [9.17, 15) is 14.7 Å². The number of carbonyl (C=O) groups excluding carboxylic acids is 1. The largest absolute Gasteiger partial charge is 0.480 e. The fourth-order valence-corrected chi connectivity index (χ4v) is 2.19. The van der Waals surface area contributed by atoms with Crippen LogP contribution in [-0.2, 0) is 4.79 Å². The van der Waals surface area contributed by atoms with Crippen molar-refractivity contribution in [1.29, 1.82) is 0 Å². The summed E-state index contributed by atoms with van der Waals surface area (Å²) >= 11 is 0. The predicted molar refractivity (Wildman–Crippen MR) is 84.4 cm³/mol. The van der Waals surface area contributed by atoms with Crippen LogP contribution in [0.4, 0.5) is 0 Å². The van der Waals surface area contributed by atoms with E-state index in [4.69, 9.17) is 0 Å². The Morgan fingerprint density at radius 3 is 2.70 bits per heavy atom. The van der Waals surface area contributed by atoms with Gasteiger partial charge >= 0.3 is 5.97 Å². The fourth-order valence-electron chi connectivity index (χ4n) is 2.19. The highest BCUT2D eigenvalue weighted by Gasteiger charge is 2.23. The Bertz CT molecular complexity index is 709. The first-order chi connectivity index (χ1) is 10.9. The van der Waals surface area contributed by atoms with Crippen LogP contribution in [0.5, 0.6) is 0 Å². The Balaban J connectivity index is 2.13. The minimum atomic E-state index is -1.06. The lowest BCUT2D eigenvalue weighted by Crippen LogP contribution is -2.41. The van der Waals surface area contributed by atoms with Crippen molar-refractivity contribution in [3.63, 3.8) is 0 Å². The maximum atomic E-state index is 12.2. The SMILES string of the molecule is Cc1cccc(-n2cc(C(=O)N[C@H](CC(C)C)C(=O)O)nn2)c1. The highest BCUT2D eigenvalue weighted by atomic mass is 16.4. The van der Waals surface area contributed by atoms with Crippen LogP contribution in [0.3, 0.4) is 0 Å². The molecule has 23 heavy (non-hydrogen) atoms. The normalized spacial score (nSPS) is 12.2. The smallest absolute Gasteiger partial charge is 0.326 e. The molecule has 7 nitrogen and oxygen atoms in total. The third kappa shape index (κ3) is 4.38. The highest BCUT2D eigenvalue weighted by molar-refractivity contribution is 5.94. The van der Waals surface area contributed by atoms with E-state index >= 15 is 0 Å². The molecule has 0 unspecified atom stereocenters. The molecule has 0 radical (unpaired) electrons. The number of amides is 1. The fraction of sp³-hybridized carbons (Fsp3) is 0.375. The number of carbonyl (C=O) groups is 2. The maximum absolute atomic E-state index is 12.2. The van der Waals surface area contributed by atoms with Crippen LogP contribution in [0, 0.1) is 12.8 Å². The van der Waals surface area contributed by atoms with Crippen molar-refractivity contribution in [3.05, 3.63) is 41.7 Å². The van der Waals surface area contributed by atoms with Crippen LogP contribution in [0.1, 0.15) is 36.3 Å². The van der Waals surface area contributed by atoms with Crippen molar-refractivity contribution in [1.82, 2.24) is 20.3 Å². The second kappa shape index (κ2) is 7.04. The number of aryl methyl sites for hydroxylation is 1. The third-order valence-corrected chi connectivity index (χ3v) is 3.30. The summed E-state index contributed by atoms with van der Waals surface area (Å²) in [6.45, 7) is 5.75. The third-order valence-electron chi connectivity index (χ3n) is 3.30. The van der Waals surface area contributed by atoms with Gasteiger partial charge in [-0.3, -0.25) is 4.79 Å². The number of nitrogens with zero attached hydrogens (tertiary/aromatic N) is 3. The van der Waals surface area contributed by atoms with Crippen molar-refractivity contribution in [2.45, 2.75) is 33.2 Å². The summed E-state index contributed by atoms with van der Waals surface area (Å²) in [5.74, 6) is -1.45. The number of aliphatic carboxylic acids is 1. The van der Waals surface area contributed by atoms with Gasteiger partial charge in [-0.1, -0.05) is 31.2 Å². The van der Waals surface area contributed by atoms with E-state index in [2.05, 4.69) is 15.6 Å². The lowest BCUT2D eigenvalue weighted by molar-refractivity contribution is -0.139. The predicted octanol–water partition coefficient (Wildman–Crippen LogP) is 1.80. The number of carboxylic acids is 1. The average molecular weight is 316 g/mol. The zero-order valence-electron chi connectivity index (χ0n) is 13.4. The minimum Gasteiger partial charge on any atom is -0.480 e. The number of nitrogens with one attached hydrogen (secondary N) is 1. The summed E-state index contributed by atoms with van der Waals surface area (Å²) in [6.07, 6.45) is 1.84. The van der Waals surface area contributed by atoms with E-state index in [1.165, 1.54) is 10.9 Å². The topological polar surface area (TPSA) is 97.1 Å². The van der Waals surface area contributed by atoms with E-state index in [-0.39, 0.29) is 11.6 Å². The van der Waals surface area contributed by atoms with Crippen LogP contribution in [0.2, 0.25) is 0 Å². The molecule has 1 heterocycles. The molecule has 0 aliphatic rings. The van der Waals surface area contributed by atoms with Gasteiger partial charge in [0.05, 0.1) is 11.9 Å². The van der Waals surface area contributed by atoms with E-state index in [1.54, 1.807) is 0 Å². The van der Waals surface area contributed by atoms with Gasteiger partial charge in [-0.05, 0) is 37.0 Å². The molecular weight excluding hydrogens is 296 g/mol. The van der Waals surface area contributed by atoms with Gasteiger partial charge in [0.2, 0.25) is 0 Å². The molecule has 0 spiro atoms. The number of hydrogen-bond acceptors (Lipinski definition) is 4. The Kier molecular flexibility index (Phi) is 5.10. The Morgan fingerprint density at radius 2 is 2.09 bits per heavy atom. The Hall–Kier alpha value is -2.70. The quantitative estimate of drug-likeness (QED) is 0.847. The molecule has 1 amide bonds. The lowest BCUT2D eigenvalue weighted by Gasteiger charge is -2.15. The molecular formula is C16H20N4O3. The number of aromatic nitrogens is 3. The van der Waals surface area contributed by atoms with Crippen LogP contribution >= 0.6 is 0 Å². The zero-order valence-corrected chi connectivity index (χ0v) is 13.4. The van der Waals surface area contributed by atoms with Crippen molar-refractivity contribution in [2.75, 3.05) is 0 Å². The molecule has 1 aromatic carbocycles. The number of rotatable bonds is 6. The maximum Gasteiger partial charge on any atom is 0.326 e. The van der Waals surface area contributed by atoms with E-state index in [0.29, 0.717) is 6.42 Å². The molecule has 122 valence electrons. The molecule has 0 fully saturated rings. The molecule has 0 bridgehead atoms. The minimum absolute atomic E-state index is 0.0847. The molecule has 0 saturated heterocycles. The van der Waals surface area contributed by atoms with Crippen molar-refractivity contribution in [2.24, 2.45) is 5.92 Å². The zero-order chi connectivity index (χ0) is 17.0. The first-order valence-corrected chi connectivity index (χ1v) is 7.40. The molecule has 7 heteroatoms. The van der Waals surface area contributed by atoms with E-state index < -0.39 is 17.9 Å². The van der Waals surface area contributed by atoms with Crippen LogP contribution < -0.4 is 5.32 Å². The summed E-state index contributed by atoms with van der Waals surface area (Å²) in [6, 6.07) is 6.66. The molecule has 0 aliphatic heterocycles. The van der Waals surface area contributed by atoms with Crippen LogP contribution in [-0.4, -0.2) is 38.0 Å². The highest BCUT2D eigenvalue weighted by Crippen LogP contribution is 2.10. The molecule has 2 N–H and O–H groups in total.